The third kappa shape index (κ3) is 1.63. The maximum Gasteiger partial charge on any atom is 0.318 e. The number of urea groups is 1. The predicted molar refractivity (Wildman–Crippen MR) is 65.4 cm³/mol. The first-order valence-electron chi connectivity index (χ1n) is 5.99. The second-order valence-electron chi connectivity index (χ2n) is 4.82. The summed E-state index contributed by atoms with van der Waals surface area (Å²) >= 11 is 0. The molecular weight excluding hydrogens is 248 g/mol. The lowest BCUT2D eigenvalue weighted by molar-refractivity contribution is -0.160. The van der Waals surface area contributed by atoms with E-state index in [1.54, 1.807) is 6.92 Å². The first-order valence-corrected chi connectivity index (χ1v) is 5.99. The van der Waals surface area contributed by atoms with E-state index in [9.17, 15) is 9.59 Å². The molecule has 19 heavy (non-hydrogen) atoms. The van der Waals surface area contributed by atoms with Gasteiger partial charge in [-0.05, 0) is 13.0 Å². The van der Waals surface area contributed by atoms with Gasteiger partial charge in [0.05, 0.1) is 13.2 Å². The Morgan fingerprint density at radius 3 is 2.89 bits per heavy atom. The van der Waals surface area contributed by atoms with Crippen molar-refractivity contribution in [1.82, 2.24) is 10.6 Å². The molecule has 1 fully saturated rings. The van der Waals surface area contributed by atoms with E-state index in [1.165, 1.54) is 7.11 Å². The van der Waals surface area contributed by atoms with Crippen molar-refractivity contribution in [3.8, 4) is 5.75 Å². The molecule has 2 amide bonds. The van der Waals surface area contributed by atoms with Gasteiger partial charge >= 0.3 is 12.0 Å². The molecule has 1 saturated heterocycles. The zero-order valence-corrected chi connectivity index (χ0v) is 10.6. The maximum absolute atomic E-state index is 12.0. The minimum Gasteiger partial charge on any atom is -0.469 e. The van der Waals surface area contributed by atoms with Gasteiger partial charge in [-0.15, -0.1) is 0 Å². The highest BCUT2D eigenvalue weighted by Crippen LogP contribution is 2.44. The smallest absolute Gasteiger partial charge is 0.318 e. The average Bonchev–Trinajstić information content (AvgIpc) is 2.36. The number of nitrogens with one attached hydrogen (secondary N) is 2. The van der Waals surface area contributed by atoms with Crippen LogP contribution in [-0.4, -0.2) is 24.8 Å². The summed E-state index contributed by atoms with van der Waals surface area (Å²) in [6.07, 6.45) is 0. The summed E-state index contributed by atoms with van der Waals surface area (Å²) in [4.78, 5) is 23.7. The van der Waals surface area contributed by atoms with E-state index in [4.69, 9.17) is 9.47 Å². The van der Waals surface area contributed by atoms with Crippen molar-refractivity contribution >= 4 is 12.0 Å². The largest absolute Gasteiger partial charge is 0.469 e. The van der Waals surface area contributed by atoms with Crippen molar-refractivity contribution in [2.24, 2.45) is 5.92 Å². The summed E-state index contributed by atoms with van der Waals surface area (Å²) in [5, 5.41) is 5.42. The van der Waals surface area contributed by atoms with Gasteiger partial charge in [-0.25, -0.2) is 4.79 Å². The predicted octanol–water partition coefficient (Wildman–Crippen LogP) is 0.938. The van der Waals surface area contributed by atoms with Crippen LogP contribution in [0.5, 0.6) is 5.75 Å². The van der Waals surface area contributed by atoms with Crippen LogP contribution < -0.4 is 15.4 Å². The fourth-order valence-corrected chi connectivity index (χ4v) is 2.77. The summed E-state index contributed by atoms with van der Waals surface area (Å²) in [5.74, 6) is -0.401. The Hall–Kier alpha value is -2.24. The molecule has 3 atom stereocenters. The summed E-state index contributed by atoms with van der Waals surface area (Å²) in [6.45, 7) is 1.68. The van der Waals surface area contributed by atoms with Gasteiger partial charge in [-0.1, -0.05) is 18.2 Å². The molecule has 0 saturated carbocycles. The van der Waals surface area contributed by atoms with Gasteiger partial charge in [0.15, 0.2) is 5.72 Å². The molecule has 6 heteroatoms. The number of amides is 2. The Bertz CT molecular complexity index is 559. The lowest BCUT2D eigenvalue weighted by atomic mass is 9.80. The summed E-state index contributed by atoms with van der Waals surface area (Å²) in [5.41, 5.74) is -0.320. The van der Waals surface area contributed by atoms with Crippen molar-refractivity contribution in [2.45, 2.75) is 18.7 Å². The zero-order chi connectivity index (χ0) is 13.6. The zero-order valence-electron chi connectivity index (χ0n) is 10.6. The molecule has 2 aliphatic heterocycles. The molecule has 6 nitrogen and oxygen atoms in total. The number of fused-ring (bicyclic) bond motifs is 4. The van der Waals surface area contributed by atoms with Crippen molar-refractivity contribution in [2.75, 3.05) is 7.11 Å². The highest BCUT2D eigenvalue weighted by Gasteiger charge is 2.56. The molecule has 2 N–H and O–H groups in total. The number of ether oxygens (including phenoxy) is 2. The van der Waals surface area contributed by atoms with Gasteiger partial charge < -0.3 is 14.8 Å². The van der Waals surface area contributed by atoms with Gasteiger partial charge in [0.1, 0.15) is 11.7 Å². The van der Waals surface area contributed by atoms with Crippen LogP contribution in [0.1, 0.15) is 18.5 Å². The summed E-state index contributed by atoms with van der Waals surface area (Å²) < 4.78 is 10.7. The number of hydrogen-bond donors (Lipinski definition) is 2. The lowest BCUT2D eigenvalue weighted by Gasteiger charge is -2.48. The monoisotopic (exact) mass is 262 g/mol. The fraction of sp³-hybridized carbons (Fsp3) is 0.385. The van der Waals surface area contributed by atoms with E-state index in [0.29, 0.717) is 5.75 Å². The second kappa shape index (κ2) is 3.88. The Morgan fingerprint density at radius 2 is 2.16 bits per heavy atom. The Balaban J connectivity index is 2.14. The molecule has 1 aromatic rings. The van der Waals surface area contributed by atoms with Crippen LogP contribution in [0.4, 0.5) is 4.79 Å². The molecule has 1 unspecified atom stereocenters. The molecular formula is C13H14N2O4. The second-order valence-corrected chi connectivity index (χ2v) is 4.82. The van der Waals surface area contributed by atoms with Crippen LogP contribution in [0, 0.1) is 5.92 Å². The van der Waals surface area contributed by atoms with Gasteiger partial charge in [0.2, 0.25) is 0 Å². The Morgan fingerprint density at radius 1 is 1.42 bits per heavy atom. The number of carbonyl (C=O) groups excluding carboxylic acids is 2. The highest BCUT2D eigenvalue weighted by atomic mass is 16.5. The SMILES string of the molecule is COC(=O)C1[C@@H]2NC(=O)N[C@@]1(C)Oc1ccccc12. The minimum absolute atomic E-state index is 0.359. The molecule has 2 heterocycles. The van der Waals surface area contributed by atoms with E-state index < -0.39 is 23.7 Å². The fourth-order valence-electron chi connectivity index (χ4n) is 2.77. The van der Waals surface area contributed by atoms with Crippen LogP contribution in [0.25, 0.3) is 0 Å². The molecule has 1 aromatic carbocycles. The van der Waals surface area contributed by atoms with Crippen LogP contribution in [0.3, 0.4) is 0 Å². The van der Waals surface area contributed by atoms with E-state index in [1.807, 2.05) is 24.3 Å². The first-order chi connectivity index (χ1) is 9.05. The number of carbonyl (C=O) groups is 2. The van der Waals surface area contributed by atoms with Gasteiger partial charge in [0, 0.05) is 5.56 Å². The van der Waals surface area contributed by atoms with Gasteiger partial charge in [0.25, 0.3) is 0 Å². The van der Waals surface area contributed by atoms with Crippen LogP contribution >= 0.6 is 0 Å². The highest BCUT2D eigenvalue weighted by molar-refractivity contribution is 5.84. The summed E-state index contributed by atoms with van der Waals surface area (Å²) in [6, 6.07) is 6.53. The number of esters is 1. The number of benzene rings is 1. The van der Waals surface area contributed by atoms with E-state index in [-0.39, 0.29) is 6.03 Å². The number of para-hydroxylation sites is 1. The topological polar surface area (TPSA) is 76.7 Å². The number of methoxy groups -OCH3 is 1. The van der Waals surface area contributed by atoms with Crippen molar-refractivity contribution in [1.29, 1.82) is 0 Å². The first kappa shape index (κ1) is 11.8. The average molecular weight is 262 g/mol. The molecule has 2 bridgehead atoms. The maximum atomic E-state index is 12.0. The lowest BCUT2D eigenvalue weighted by Crippen LogP contribution is -2.70. The van der Waals surface area contributed by atoms with Gasteiger partial charge in [-0.2, -0.15) is 0 Å². The molecule has 0 aromatic heterocycles. The third-order valence-corrected chi connectivity index (χ3v) is 3.61. The van der Waals surface area contributed by atoms with E-state index in [0.717, 1.165) is 5.56 Å². The normalized spacial score (nSPS) is 31.4. The van der Waals surface area contributed by atoms with Crippen LogP contribution in [0.15, 0.2) is 24.3 Å². The summed E-state index contributed by atoms with van der Waals surface area (Å²) in [7, 11) is 1.32. The molecule has 2 aliphatic rings. The Kier molecular flexibility index (Phi) is 2.41. The van der Waals surface area contributed by atoms with Crippen LogP contribution in [-0.2, 0) is 9.53 Å². The minimum atomic E-state index is -1.10. The Labute approximate surface area is 110 Å². The number of hydrogen-bond acceptors (Lipinski definition) is 4. The van der Waals surface area contributed by atoms with Crippen LogP contribution in [0.2, 0.25) is 0 Å². The van der Waals surface area contributed by atoms with E-state index in [2.05, 4.69) is 10.6 Å². The van der Waals surface area contributed by atoms with Crippen molar-refractivity contribution in [3.63, 3.8) is 0 Å². The molecule has 0 radical (unpaired) electrons. The standard InChI is InChI=1S/C13H14N2O4/c1-13-9(11(16)18-2)10(14-12(17)15-13)7-5-3-4-6-8(7)19-13/h3-6,9-10H,1-2H3,(H2,14,15,17)/t9?,10-,13+/m1/s1. The van der Waals surface area contributed by atoms with E-state index >= 15 is 0 Å². The third-order valence-electron chi connectivity index (χ3n) is 3.61. The molecule has 0 aliphatic carbocycles. The quantitative estimate of drug-likeness (QED) is 0.738. The van der Waals surface area contributed by atoms with Crippen molar-refractivity contribution in [3.05, 3.63) is 29.8 Å². The van der Waals surface area contributed by atoms with Gasteiger partial charge in [-0.3, -0.25) is 10.1 Å². The molecule has 3 rings (SSSR count). The molecule has 0 spiro atoms. The molecule has 100 valence electrons. The number of rotatable bonds is 1. The van der Waals surface area contributed by atoms with Crippen molar-refractivity contribution < 1.29 is 19.1 Å².